The van der Waals surface area contributed by atoms with Crippen LogP contribution < -0.4 is 10.1 Å². The summed E-state index contributed by atoms with van der Waals surface area (Å²) in [7, 11) is 0. The second-order valence-electron chi connectivity index (χ2n) is 8.78. The smallest absolute Gasteiger partial charge is 0.419 e. The van der Waals surface area contributed by atoms with Crippen LogP contribution in [0.1, 0.15) is 32.2 Å². The summed E-state index contributed by atoms with van der Waals surface area (Å²) in [5.74, 6) is -2.73. The van der Waals surface area contributed by atoms with Gasteiger partial charge in [-0.25, -0.2) is 4.79 Å². The zero-order valence-electron chi connectivity index (χ0n) is 19.0. The molecule has 0 radical (unpaired) electrons. The van der Waals surface area contributed by atoms with Crippen LogP contribution in [0.15, 0.2) is 22.7 Å². The lowest BCUT2D eigenvalue weighted by Crippen LogP contribution is -2.51. The number of hydrogen-bond donors (Lipinski definition) is 1. The van der Waals surface area contributed by atoms with Gasteiger partial charge in [-0.1, -0.05) is 5.16 Å². The van der Waals surface area contributed by atoms with Gasteiger partial charge in [0.2, 0.25) is 11.7 Å². The number of carbonyl (C=O) groups is 2. The van der Waals surface area contributed by atoms with Crippen LogP contribution in [0.3, 0.4) is 0 Å². The molecule has 1 aromatic heterocycles. The Bertz CT molecular complexity index is 1190. The molecule has 1 N–H and O–H groups in total. The van der Waals surface area contributed by atoms with Crippen molar-refractivity contribution >= 4 is 11.9 Å². The molecule has 0 aliphatic carbocycles. The number of hydrogen-bond acceptors (Lipinski definition) is 6. The topological polar surface area (TPSA) is 97.6 Å². The van der Waals surface area contributed by atoms with Crippen molar-refractivity contribution in [3.8, 4) is 17.1 Å². The predicted molar refractivity (Wildman–Crippen MR) is 104 cm³/mol. The minimum absolute atomic E-state index is 0.234. The molecule has 3 rings (SSSR count). The molecule has 0 unspecified atom stereocenters. The highest BCUT2D eigenvalue weighted by molar-refractivity contribution is 6.06. The normalized spacial score (nSPS) is 16.8. The van der Waals surface area contributed by atoms with Crippen molar-refractivity contribution in [2.24, 2.45) is 5.41 Å². The van der Waals surface area contributed by atoms with Gasteiger partial charge in [0.25, 0.3) is 5.91 Å². The number of nitrogens with one attached hydrogen (secondary N) is 1. The standard InChI is InChI=1S/C20H17F9N4O4/c1-16(2)14(34)33(15(35)31-16)7-12-30-13(32-37-12)9-4-5-11(10(6-9)18(21,22)23)36-8-17(3,19(24,25)26)20(27,28)29/h4-6H,7-8H2,1-3H3,(H,31,35). The minimum Gasteiger partial charge on any atom is -0.492 e. The molecule has 8 nitrogen and oxygen atoms in total. The van der Waals surface area contributed by atoms with Crippen LogP contribution in [-0.4, -0.2) is 51.5 Å². The molecule has 1 saturated heterocycles. The van der Waals surface area contributed by atoms with E-state index < -0.39 is 71.7 Å². The molecule has 0 atom stereocenters. The van der Waals surface area contributed by atoms with Crippen LogP contribution in [0.2, 0.25) is 0 Å². The summed E-state index contributed by atoms with van der Waals surface area (Å²) in [6.07, 6.45) is -17.0. The first-order valence-corrected chi connectivity index (χ1v) is 10.1. The fourth-order valence-electron chi connectivity index (χ4n) is 3.10. The second kappa shape index (κ2) is 8.79. The summed E-state index contributed by atoms with van der Waals surface area (Å²) < 4.78 is 128. The number of carbonyl (C=O) groups excluding carboxylic acids is 2. The first-order chi connectivity index (χ1) is 16.7. The van der Waals surface area contributed by atoms with Gasteiger partial charge in [0.1, 0.15) is 24.4 Å². The maximum absolute atomic E-state index is 13.6. The molecule has 2 heterocycles. The Morgan fingerprint density at radius 3 is 2.11 bits per heavy atom. The molecule has 0 bridgehead atoms. The van der Waals surface area contributed by atoms with Crippen LogP contribution in [0.4, 0.5) is 44.3 Å². The van der Waals surface area contributed by atoms with Gasteiger partial charge in [-0.3, -0.25) is 9.69 Å². The molecule has 17 heteroatoms. The van der Waals surface area contributed by atoms with Crippen molar-refractivity contribution in [3.63, 3.8) is 0 Å². The van der Waals surface area contributed by atoms with Gasteiger partial charge < -0.3 is 14.6 Å². The summed E-state index contributed by atoms with van der Waals surface area (Å²) in [5, 5.41) is 5.85. The van der Waals surface area contributed by atoms with Crippen molar-refractivity contribution in [2.45, 2.75) is 51.4 Å². The third kappa shape index (κ3) is 5.29. The second-order valence-corrected chi connectivity index (χ2v) is 8.78. The van der Waals surface area contributed by atoms with Crippen LogP contribution in [0.25, 0.3) is 11.4 Å². The maximum Gasteiger partial charge on any atom is 0.419 e. The van der Waals surface area contributed by atoms with Crippen LogP contribution in [-0.2, 0) is 17.5 Å². The Morgan fingerprint density at radius 2 is 1.62 bits per heavy atom. The molecule has 2 aromatic rings. The number of benzene rings is 1. The van der Waals surface area contributed by atoms with E-state index >= 15 is 0 Å². The van der Waals surface area contributed by atoms with Gasteiger partial charge in [-0.05, 0) is 39.0 Å². The lowest BCUT2D eigenvalue weighted by molar-refractivity contribution is -0.340. The van der Waals surface area contributed by atoms with Gasteiger partial charge in [0, 0.05) is 5.56 Å². The van der Waals surface area contributed by atoms with Crippen LogP contribution >= 0.6 is 0 Å². The molecular formula is C20H17F9N4O4. The Balaban J connectivity index is 1.88. The highest BCUT2D eigenvalue weighted by Gasteiger charge is 2.68. The van der Waals surface area contributed by atoms with Crippen molar-refractivity contribution in [2.75, 3.05) is 6.61 Å². The quantitative estimate of drug-likeness (QED) is 0.399. The Hall–Kier alpha value is -3.53. The fraction of sp³-hybridized carbons (Fsp3) is 0.500. The number of ether oxygens (including phenoxy) is 1. The SMILES string of the molecule is CC1(C)NC(=O)N(Cc2nc(-c3ccc(OCC(C)(C(F)(F)F)C(F)(F)F)c(C(F)(F)F)c3)no2)C1=O. The minimum atomic E-state index is -5.87. The zero-order chi connectivity index (χ0) is 28.2. The number of urea groups is 1. The summed E-state index contributed by atoms with van der Waals surface area (Å²) in [5.41, 5.74) is -7.75. The third-order valence-corrected chi connectivity index (χ3v) is 5.52. The fourth-order valence-corrected chi connectivity index (χ4v) is 3.10. The van der Waals surface area contributed by atoms with Crippen molar-refractivity contribution in [1.82, 2.24) is 20.4 Å². The van der Waals surface area contributed by atoms with Crippen LogP contribution in [0.5, 0.6) is 5.75 Å². The van der Waals surface area contributed by atoms with Gasteiger partial charge in [0.05, 0.1) is 5.56 Å². The highest BCUT2D eigenvalue weighted by atomic mass is 19.4. The van der Waals surface area contributed by atoms with E-state index in [1.165, 1.54) is 13.8 Å². The van der Waals surface area contributed by atoms with E-state index in [-0.39, 0.29) is 18.4 Å². The Morgan fingerprint density at radius 1 is 1.03 bits per heavy atom. The molecule has 0 saturated carbocycles. The van der Waals surface area contributed by atoms with Gasteiger partial charge in [-0.15, -0.1) is 0 Å². The highest BCUT2D eigenvalue weighted by Crippen LogP contribution is 2.50. The number of imide groups is 1. The summed E-state index contributed by atoms with van der Waals surface area (Å²) in [6.45, 7) is -0.0531. The largest absolute Gasteiger partial charge is 0.492 e. The number of halogens is 9. The number of nitrogens with zero attached hydrogens (tertiary/aromatic N) is 3. The average molecular weight is 548 g/mol. The van der Waals surface area contributed by atoms with Crippen molar-refractivity contribution in [3.05, 3.63) is 29.7 Å². The van der Waals surface area contributed by atoms with E-state index in [1.54, 1.807) is 0 Å². The van der Waals surface area contributed by atoms with Gasteiger partial charge in [-0.2, -0.15) is 44.5 Å². The molecule has 1 aliphatic rings. The molecule has 204 valence electrons. The van der Waals surface area contributed by atoms with Crippen molar-refractivity contribution < 1.29 is 58.4 Å². The maximum atomic E-state index is 13.6. The van der Waals surface area contributed by atoms with Crippen molar-refractivity contribution in [1.29, 1.82) is 0 Å². The number of alkyl halides is 9. The Kier molecular flexibility index (Phi) is 6.67. The van der Waals surface area contributed by atoms with Gasteiger partial charge in [0.15, 0.2) is 5.41 Å². The molecule has 37 heavy (non-hydrogen) atoms. The summed E-state index contributed by atoms with van der Waals surface area (Å²) in [4.78, 5) is 28.7. The van der Waals surface area contributed by atoms with E-state index in [1.807, 2.05) is 0 Å². The monoisotopic (exact) mass is 548 g/mol. The lowest BCUT2D eigenvalue weighted by Gasteiger charge is -2.33. The summed E-state index contributed by atoms with van der Waals surface area (Å²) >= 11 is 0. The zero-order valence-corrected chi connectivity index (χ0v) is 19.0. The average Bonchev–Trinajstić information content (AvgIpc) is 3.27. The first-order valence-electron chi connectivity index (χ1n) is 10.1. The molecule has 3 amide bonds. The predicted octanol–water partition coefficient (Wildman–Crippen LogP) is 5.10. The molecule has 1 aliphatic heterocycles. The number of rotatable bonds is 6. The van der Waals surface area contributed by atoms with Gasteiger partial charge >= 0.3 is 24.6 Å². The molecule has 1 fully saturated rings. The number of amides is 3. The van der Waals surface area contributed by atoms with E-state index in [4.69, 9.17) is 4.52 Å². The first kappa shape index (κ1) is 28.0. The molecule has 1 aromatic carbocycles. The van der Waals surface area contributed by atoms with Crippen LogP contribution in [0, 0.1) is 5.41 Å². The third-order valence-electron chi connectivity index (χ3n) is 5.52. The number of aromatic nitrogens is 2. The molecule has 0 spiro atoms. The summed E-state index contributed by atoms with van der Waals surface area (Å²) in [6, 6.07) is 0.940. The van der Waals surface area contributed by atoms with E-state index in [0.29, 0.717) is 12.1 Å². The van der Waals surface area contributed by atoms with E-state index in [0.717, 1.165) is 11.0 Å². The van der Waals surface area contributed by atoms with E-state index in [2.05, 4.69) is 20.2 Å². The Labute approximate surface area is 201 Å². The lowest BCUT2D eigenvalue weighted by atomic mass is 9.90. The molecular weight excluding hydrogens is 531 g/mol. The van der Waals surface area contributed by atoms with E-state index in [9.17, 15) is 49.1 Å².